The Hall–Kier alpha value is -3.20. The van der Waals surface area contributed by atoms with E-state index in [0.717, 1.165) is 54.3 Å². The first-order valence-corrected chi connectivity index (χ1v) is 12.7. The van der Waals surface area contributed by atoms with Gasteiger partial charge in [-0.05, 0) is 37.5 Å². The Kier molecular flexibility index (Phi) is 6.83. The molecule has 1 N–H and O–H groups in total. The lowest BCUT2D eigenvalue weighted by Crippen LogP contribution is -2.72. The molecule has 0 spiro atoms. The van der Waals surface area contributed by atoms with Crippen molar-refractivity contribution in [3.8, 4) is 6.07 Å². The first kappa shape index (κ1) is 24.5. The molecule has 3 aromatic rings. The molecule has 5 rings (SSSR count). The largest absolute Gasteiger partial charge is 0.352 e. The van der Waals surface area contributed by atoms with Crippen molar-refractivity contribution in [2.45, 2.75) is 32.4 Å². The third-order valence-corrected chi connectivity index (χ3v) is 7.73. The third kappa shape index (κ3) is 5.02. The van der Waals surface area contributed by atoms with Gasteiger partial charge in [0.15, 0.2) is 0 Å². The summed E-state index contributed by atoms with van der Waals surface area (Å²) < 4.78 is 31.6. The number of hydrogen-bond donors (Lipinski definition) is 1. The quantitative estimate of drug-likeness (QED) is 0.513. The van der Waals surface area contributed by atoms with Crippen molar-refractivity contribution < 1.29 is 8.78 Å². The molecule has 2 aliphatic heterocycles. The van der Waals surface area contributed by atoms with Crippen LogP contribution >= 0.6 is 11.5 Å². The lowest BCUT2D eigenvalue weighted by Gasteiger charge is -2.57. The van der Waals surface area contributed by atoms with Gasteiger partial charge < -0.3 is 10.2 Å². The van der Waals surface area contributed by atoms with Gasteiger partial charge in [0.1, 0.15) is 22.5 Å². The van der Waals surface area contributed by atoms with Crippen LogP contribution in [0.3, 0.4) is 0 Å². The Morgan fingerprint density at radius 2 is 1.92 bits per heavy atom. The summed E-state index contributed by atoms with van der Waals surface area (Å²) in [6.07, 6.45) is 2.25. The number of rotatable bonds is 7. The van der Waals surface area contributed by atoms with Crippen LogP contribution in [0, 0.1) is 36.8 Å². The van der Waals surface area contributed by atoms with Gasteiger partial charge in [0, 0.05) is 69.2 Å². The highest BCUT2D eigenvalue weighted by Crippen LogP contribution is 2.36. The maximum Gasteiger partial charge on any atom is 0.229 e. The average molecular weight is 511 g/mol. The van der Waals surface area contributed by atoms with Crippen LogP contribution in [0.15, 0.2) is 30.5 Å². The zero-order chi connectivity index (χ0) is 25.3. The fraction of sp³-hybridized carbons (Fsp3) is 0.440. The molecule has 188 valence electrons. The van der Waals surface area contributed by atoms with Crippen molar-refractivity contribution in [2.24, 2.45) is 0 Å². The zero-order valence-electron chi connectivity index (χ0n) is 20.3. The smallest absolute Gasteiger partial charge is 0.229 e. The minimum absolute atomic E-state index is 0.234. The number of benzene rings is 1. The Morgan fingerprint density at radius 3 is 2.58 bits per heavy atom. The molecule has 4 heterocycles. The highest BCUT2D eigenvalue weighted by Gasteiger charge is 2.49. The van der Waals surface area contributed by atoms with Crippen LogP contribution < -0.4 is 10.2 Å². The number of nitrogens with one attached hydrogen (secondary N) is 1. The number of aryl methyl sites for hydroxylation is 2. The molecule has 2 aromatic heterocycles. The second-order valence-corrected chi connectivity index (χ2v) is 10.4. The number of piperazine rings is 1. The summed E-state index contributed by atoms with van der Waals surface area (Å²) in [6, 6.07) is 8.09. The van der Waals surface area contributed by atoms with E-state index in [0.29, 0.717) is 37.6 Å². The molecular formula is C25H28F2N8S. The van der Waals surface area contributed by atoms with Gasteiger partial charge in [-0.25, -0.2) is 13.8 Å². The normalized spacial score (nSPS) is 18.0. The fourth-order valence-electron chi connectivity index (χ4n) is 5.00. The van der Waals surface area contributed by atoms with Gasteiger partial charge in [0.2, 0.25) is 5.95 Å². The van der Waals surface area contributed by atoms with Crippen molar-refractivity contribution >= 4 is 28.3 Å². The van der Waals surface area contributed by atoms with Crippen LogP contribution in [0.25, 0.3) is 0 Å². The van der Waals surface area contributed by atoms with E-state index in [1.165, 1.54) is 23.7 Å². The standard InChI is InChI=1S/C25H28F2N8S/c1-17-13-29-24(30-22-11-18(2)32-36-22)31-23(17)34-15-25(16-34,5-6-28)35-9-7-33(8-10-35)14-19-3-4-20(26)12-21(19)27/h3-4,11-13H,5,7-10,14-16H2,1-2H3,(H,29,30,31). The van der Waals surface area contributed by atoms with Crippen LogP contribution in [0.2, 0.25) is 0 Å². The van der Waals surface area contributed by atoms with Crippen LogP contribution in [-0.4, -0.2) is 68.9 Å². The van der Waals surface area contributed by atoms with E-state index < -0.39 is 11.6 Å². The summed E-state index contributed by atoms with van der Waals surface area (Å²) in [5.74, 6) is 0.327. The number of halogens is 2. The fourth-order valence-corrected chi connectivity index (χ4v) is 5.66. The minimum atomic E-state index is -0.561. The van der Waals surface area contributed by atoms with E-state index in [-0.39, 0.29) is 5.54 Å². The van der Waals surface area contributed by atoms with Crippen molar-refractivity contribution in [3.63, 3.8) is 0 Å². The summed E-state index contributed by atoms with van der Waals surface area (Å²) in [4.78, 5) is 15.9. The molecule has 11 heteroatoms. The van der Waals surface area contributed by atoms with Gasteiger partial charge in [-0.2, -0.15) is 14.6 Å². The molecule has 0 bridgehead atoms. The molecule has 1 aromatic carbocycles. The maximum absolute atomic E-state index is 14.1. The number of nitrogens with zero attached hydrogens (tertiary/aromatic N) is 7. The molecule has 0 atom stereocenters. The molecule has 2 fully saturated rings. The SMILES string of the molecule is Cc1cc(Nc2ncc(C)c(N3CC(CC#N)(N4CCN(Cc5ccc(F)cc5F)CC4)C3)n2)sn1. The van der Waals surface area contributed by atoms with E-state index in [2.05, 4.69) is 35.4 Å². The Labute approximate surface area is 213 Å². The maximum atomic E-state index is 14.1. The van der Waals surface area contributed by atoms with Crippen molar-refractivity contribution in [2.75, 3.05) is 49.5 Å². The monoisotopic (exact) mass is 510 g/mol. The van der Waals surface area contributed by atoms with Crippen molar-refractivity contribution in [1.29, 1.82) is 5.26 Å². The average Bonchev–Trinajstić information content (AvgIpc) is 3.24. The zero-order valence-corrected chi connectivity index (χ0v) is 21.2. The lowest BCUT2D eigenvalue weighted by molar-refractivity contribution is 0.0128. The van der Waals surface area contributed by atoms with E-state index in [1.54, 1.807) is 0 Å². The number of anilines is 3. The minimum Gasteiger partial charge on any atom is -0.352 e. The molecule has 0 amide bonds. The topological polar surface area (TPSA) is 84.2 Å². The van der Waals surface area contributed by atoms with Crippen LogP contribution in [0.4, 0.5) is 25.5 Å². The Balaban J connectivity index is 1.22. The molecular weight excluding hydrogens is 482 g/mol. The molecule has 36 heavy (non-hydrogen) atoms. The summed E-state index contributed by atoms with van der Waals surface area (Å²) >= 11 is 1.37. The lowest BCUT2D eigenvalue weighted by atomic mass is 9.83. The molecule has 0 aliphatic carbocycles. The van der Waals surface area contributed by atoms with Gasteiger partial charge in [-0.15, -0.1) is 0 Å². The second kappa shape index (κ2) is 10.0. The molecule has 2 aliphatic rings. The number of hydrogen-bond acceptors (Lipinski definition) is 9. The summed E-state index contributed by atoms with van der Waals surface area (Å²) in [5, 5.41) is 13.7. The van der Waals surface area contributed by atoms with Crippen LogP contribution in [0.1, 0.15) is 23.2 Å². The molecule has 0 unspecified atom stereocenters. The van der Waals surface area contributed by atoms with E-state index in [9.17, 15) is 14.0 Å². The van der Waals surface area contributed by atoms with Crippen LogP contribution in [-0.2, 0) is 6.54 Å². The van der Waals surface area contributed by atoms with Gasteiger partial charge in [0.05, 0.1) is 23.7 Å². The van der Waals surface area contributed by atoms with Crippen molar-refractivity contribution in [1.82, 2.24) is 24.1 Å². The predicted molar refractivity (Wildman–Crippen MR) is 135 cm³/mol. The number of nitriles is 1. The second-order valence-electron chi connectivity index (χ2n) is 9.57. The van der Waals surface area contributed by atoms with E-state index in [1.807, 2.05) is 26.1 Å². The van der Waals surface area contributed by atoms with Gasteiger partial charge in [0.25, 0.3) is 0 Å². The molecule has 8 nitrogen and oxygen atoms in total. The Morgan fingerprint density at radius 1 is 1.14 bits per heavy atom. The Bertz CT molecular complexity index is 1280. The first-order chi connectivity index (χ1) is 17.3. The van der Waals surface area contributed by atoms with E-state index in [4.69, 9.17) is 4.98 Å². The number of aromatic nitrogens is 3. The van der Waals surface area contributed by atoms with Gasteiger partial charge >= 0.3 is 0 Å². The highest BCUT2D eigenvalue weighted by molar-refractivity contribution is 7.10. The summed E-state index contributed by atoms with van der Waals surface area (Å²) in [6.45, 7) is 8.92. The van der Waals surface area contributed by atoms with Gasteiger partial charge in [-0.3, -0.25) is 9.80 Å². The molecule has 0 radical (unpaired) electrons. The van der Waals surface area contributed by atoms with Gasteiger partial charge in [-0.1, -0.05) is 6.07 Å². The summed E-state index contributed by atoms with van der Waals surface area (Å²) in [7, 11) is 0. The van der Waals surface area contributed by atoms with Crippen molar-refractivity contribution in [3.05, 3.63) is 58.9 Å². The van der Waals surface area contributed by atoms with Crippen LogP contribution in [0.5, 0.6) is 0 Å². The highest BCUT2D eigenvalue weighted by atomic mass is 32.1. The third-order valence-electron chi connectivity index (χ3n) is 6.94. The predicted octanol–water partition coefficient (Wildman–Crippen LogP) is 3.86. The molecule has 2 saturated heterocycles. The van der Waals surface area contributed by atoms with E-state index >= 15 is 0 Å². The summed E-state index contributed by atoms with van der Waals surface area (Å²) in [5.41, 5.74) is 2.20. The molecule has 0 saturated carbocycles. The first-order valence-electron chi connectivity index (χ1n) is 11.9.